The summed E-state index contributed by atoms with van der Waals surface area (Å²) in [6.45, 7) is 13.1. The molecule has 0 saturated heterocycles. The van der Waals surface area contributed by atoms with Crippen LogP contribution in [0.4, 0.5) is 0 Å². The van der Waals surface area contributed by atoms with Crippen LogP contribution < -0.4 is 0 Å². The Bertz CT molecular complexity index is 132. The Morgan fingerprint density at radius 2 is 1.00 bits per heavy atom. The minimum absolute atomic E-state index is 0.896. The molecule has 0 fully saturated rings. The topological polar surface area (TPSA) is 0 Å². The molecular weight excluding hydrogens is 252 g/mol. The molecule has 0 aliphatic rings. The predicted octanol–water partition coefficient (Wildman–Crippen LogP) is 5.73. The van der Waals surface area contributed by atoms with Gasteiger partial charge in [0.15, 0.2) is 0 Å². The molecule has 0 aromatic carbocycles. The van der Waals surface area contributed by atoms with Gasteiger partial charge in [-0.15, -0.1) is 15.3 Å². The Morgan fingerprint density at radius 1 is 0.786 bits per heavy atom. The summed E-state index contributed by atoms with van der Waals surface area (Å²) in [6.07, 6.45) is 3.98. The molecule has 0 aromatic rings. The monoisotopic (exact) mass is 278 g/mol. The van der Waals surface area contributed by atoms with Gasteiger partial charge in [0, 0.05) is 0 Å². The second-order valence-corrected chi connectivity index (χ2v) is 13.5. The normalized spacial score (nSPS) is 22.5. The lowest BCUT2D eigenvalue weighted by Crippen LogP contribution is -2.40. The van der Waals surface area contributed by atoms with E-state index in [0.29, 0.717) is 0 Å². The summed E-state index contributed by atoms with van der Waals surface area (Å²) in [6, 6.07) is 0. The highest BCUT2D eigenvalue weighted by Crippen LogP contribution is 2.50. The summed E-state index contributed by atoms with van der Waals surface area (Å²) in [5.74, 6) is 0. The van der Waals surface area contributed by atoms with Gasteiger partial charge in [0.05, 0.1) is 0 Å². The molecule has 2 heteroatoms. The molecule has 0 amide bonds. The summed E-state index contributed by atoms with van der Waals surface area (Å²) in [7, 11) is 0. The van der Waals surface area contributed by atoms with E-state index in [9.17, 15) is 0 Å². The Labute approximate surface area is 99.5 Å². The molecule has 0 nitrogen and oxygen atoms in total. The fraction of sp³-hybridized carbons (Fsp3) is 1.00. The van der Waals surface area contributed by atoms with E-state index in [2.05, 4.69) is 56.8 Å². The van der Waals surface area contributed by atoms with Gasteiger partial charge in [0.2, 0.25) is 0 Å². The van der Waals surface area contributed by atoms with Crippen molar-refractivity contribution in [3.05, 3.63) is 0 Å². The maximum Gasteiger partial charge on any atom is 0.138 e. The molecule has 3 unspecified atom stereocenters. The second kappa shape index (κ2) is 6.32. The van der Waals surface area contributed by atoms with Crippen LogP contribution in [-0.4, -0.2) is 6.69 Å². The van der Waals surface area contributed by atoms with Crippen molar-refractivity contribution in [2.45, 2.75) is 77.4 Å². The lowest BCUT2D eigenvalue weighted by atomic mass is 10.3. The summed E-state index contributed by atoms with van der Waals surface area (Å²) in [5.41, 5.74) is 2.69. The van der Waals surface area contributed by atoms with Crippen LogP contribution in [-0.2, 0) is 0 Å². The second-order valence-electron chi connectivity index (χ2n) is 4.76. The third kappa shape index (κ3) is 2.85. The van der Waals surface area contributed by atoms with E-state index in [1.807, 2.05) is 0 Å². The van der Waals surface area contributed by atoms with Crippen molar-refractivity contribution in [2.24, 2.45) is 0 Å². The van der Waals surface area contributed by atoms with Gasteiger partial charge in [-0.05, 0) is 16.6 Å². The molecule has 0 rings (SSSR count). The van der Waals surface area contributed by atoms with Crippen LogP contribution in [0.2, 0.25) is 16.6 Å². The number of hydrogen-bond donors (Lipinski definition) is 0. The molecule has 0 bridgehead atoms. The molecule has 0 aliphatic carbocycles. The van der Waals surface area contributed by atoms with Crippen molar-refractivity contribution in [1.29, 1.82) is 0 Å². The summed E-state index contributed by atoms with van der Waals surface area (Å²) < 4.78 is 0. The highest BCUT2D eigenvalue weighted by Gasteiger charge is 2.43. The van der Waals surface area contributed by atoms with Gasteiger partial charge in [-0.3, -0.25) is 0 Å². The fourth-order valence-electron chi connectivity index (χ4n) is 2.40. The van der Waals surface area contributed by atoms with Crippen molar-refractivity contribution >= 4 is 22.0 Å². The minimum atomic E-state index is -1.25. The van der Waals surface area contributed by atoms with Crippen molar-refractivity contribution in [2.75, 3.05) is 0 Å². The van der Waals surface area contributed by atoms with Crippen LogP contribution in [0.1, 0.15) is 60.8 Å². The molecule has 0 spiro atoms. The van der Waals surface area contributed by atoms with Gasteiger partial charge >= 0.3 is 0 Å². The summed E-state index contributed by atoms with van der Waals surface area (Å²) in [4.78, 5) is 0. The highest BCUT2D eigenvalue weighted by molar-refractivity contribution is 9.26. The van der Waals surface area contributed by atoms with E-state index < -0.39 is 6.69 Å². The van der Waals surface area contributed by atoms with E-state index in [1.54, 1.807) is 0 Å². The minimum Gasteiger partial charge on any atom is -0.125 e. The number of rotatable bonds is 6. The standard InChI is InChI=1S/C12H27BrSi/c1-7-10(4)14(13,11(5)8-2)12(6)9-3/h10-12H,7-9H2,1-6H3. The zero-order valence-electron chi connectivity index (χ0n) is 10.7. The first-order chi connectivity index (χ1) is 6.44. The molecule has 0 aliphatic heterocycles. The molecule has 0 heterocycles. The van der Waals surface area contributed by atoms with Crippen molar-refractivity contribution in [3.8, 4) is 0 Å². The lowest BCUT2D eigenvalue weighted by molar-refractivity contribution is 0.714. The first-order valence-corrected chi connectivity index (χ1v) is 10.6. The van der Waals surface area contributed by atoms with E-state index in [1.165, 1.54) is 19.3 Å². The molecule has 3 atom stereocenters. The maximum absolute atomic E-state index is 4.20. The predicted molar refractivity (Wildman–Crippen MR) is 73.8 cm³/mol. The van der Waals surface area contributed by atoms with Crippen LogP contribution >= 0.6 is 15.3 Å². The summed E-state index contributed by atoms with van der Waals surface area (Å²) in [5, 5.41) is 0. The Hall–Kier alpha value is 0.697. The van der Waals surface area contributed by atoms with Gasteiger partial charge < -0.3 is 0 Å². The Morgan fingerprint density at radius 3 is 1.14 bits per heavy atom. The van der Waals surface area contributed by atoms with Crippen molar-refractivity contribution < 1.29 is 0 Å². The molecule has 0 aromatic heterocycles. The van der Waals surface area contributed by atoms with Crippen LogP contribution in [0, 0.1) is 0 Å². The molecule has 0 saturated carbocycles. The largest absolute Gasteiger partial charge is 0.138 e. The molecule has 0 radical (unpaired) electrons. The maximum atomic E-state index is 4.20. The van der Waals surface area contributed by atoms with Crippen molar-refractivity contribution in [3.63, 3.8) is 0 Å². The van der Waals surface area contributed by atoms with Gasteiger partial charge in [0.25, 0.3) is 0 Å². The third-order valence-electron chi connectivity index (χ3n) is 4.10. The van der Waals surface area contributed by atoms with E-state index in [0.717, 1.165) is 16.6 Å². The highest BCUT2D eigenvalue weighted by atomic mass is 79.9. The number of hydrogen-bond acceptors (Lipinski definition) is 0. The van der Waals surface area contributed by atoms with Gasteiger partial charge in [-0.1, -0.05) is 60.8 Å². The molecular formula is C12H27BrSi. The number of halogens is 1. The third-order valence-corrected chi connectivity index (χ3v) is 16.9. The molecule has 14 heavy (non-hydrogen) atoms. The van der Waals surface area contributed by atoms with Crippen LogP contribution in [0.15, 0.2) is 0 Å². The van der Waals surface area contributed by atoms with E-state index in [4.69, 9.17) is 0 Å². The van der Waals surface area contributed by atoms with Crippen LogP contribution in [0.5, 0.6) is 0 Å². The van der Waals surface area contributed by atoms with Crippen molar-refractivity contribution in [1.82, 2.24) is 0 Å². The summed E-state index contributed by atoms with van der Waals surface area (Å²) >= 11 is 4.20. The fourth-order valence-corrected chi connectivity index (χ4v) is 10.1. The average Bonchev–Trinajstić information content (AvgIpc) is 2.24. The van der Waals surface area contributed by atoms with Crippen LogP contribution in [0.25, 0.3) is 0 Å². The smallest absolute Gasteiger partial charge is 0.125 e. The SMILES string of the molecule is CCC(C)[Si](Br)(C(C)CC)C(C)CC. The van der Waals surface area contributed by atoms with Gasteiger partial charge in [0.1, 0.15) is 6.69 Å². The van der Waals surface area contributed by atoms with Gasteiger partial charge in [-0.25, -0.2) is 0 Å². The quantitative estimate of drug-likeness (QED) is 0.430. The molecule has 0 N–H and O–H groups in total. The zero-order chi connectivity index (χ0) is 11.4. The van der Waals surface area contributed by atoms with E-state index >= 15 is 0 Å². The lowest BCUT2D eigenvalue weighted by Gasteiger charge is -2.41. The first kappa shape index (κ1) is 14.7. The zero-order valence-corrected chi connectivity index (χ0v) is 13.3. The Kier molecular flexibility index (Phi) is 6.63. The first-order valence-electron chi connectivity index (χ1n) is 6.13. The Balaban J connectivity index is 4.83. The molecule has 86 valence electrons. The average molecular weight is 279 g/mol. The van der Waals surface area contributed by atoms with Gasteiger partial charge in [-0.2, -0.15) is 0 Å². The van der Waals surface area contributed by atoms with Crippen LogP contribution in [0.3, 0.4) is 0 Å². The van der Waals surface area contributed by atoms with E-state index in [-0.39, 0.29) is 0 Å².